The number of ether oxygens (including phenoxy) is 2. The average Bonchev–Trinajstić information content (AvgIpc) is 3.33. The number of unbranched alkanes of at least 4 members (excludes halogenated alkanes) is 8. The van der Waals surface area contributed by atoms with Crippen LogP contribution in [0.4, 0.5) is 0 Å². The third kappa shape index (κ3) is 5.88. The van der Waals surface area contributed by atoms with E-state index in [1.807, 2.05) is 19.9 Å². The van der Waals surface area contributed by atoms with E-state index in [1.54, 1.807) is 26.0 Å². The molecular formula is C37H56O7. The van der Waals surface area contributed by atoms with Crippen molar-refractivity contribution in [2.24, 2.45) is 34.5 Å². The second kappa shape index (κ2) is 13.6. The lowest BCUT2D eigenvalue weighted by Crippen LogP contribution is -2.51. The maximum Gasteiger partial charge on any atom is 0.333 e. The van der Waals surface area contributed by atoms with Gasteiger partial charge in [-0.1, -0.05) is 97.3 Å². The molecule has 7 heteroatoms. The number of carbonyl (C=O) groups excluding carboxylic acids is 3. The third-order valence-electron chi connectivity index (χ3n) is 11.7. The van der Waals surface area contributed by atoms with Crippen LogP contribution in [0.5, 0.6) is 0 Å². The minimum absolute atomic E-state index is 0.0504. The van der Waals surface area contributed by atoms with Crippen LogP contribution >= 0.6 is 0 Å². The molecular weight excluding hydrogens is 556 g/mol. The topological polar surface area (TPSA) is 110 Å². The number of aliphatic hydroxyl groups excluding tert-OH is 2. The summed E-state index contributed by atoms with van der Waals surface area (Å²) in [4.78, 5) is 41.0. The molecule has 4 rings (SSSR count). The first-order chi connectivity index (χ1) is 20.8. The molecule has 0 aromatic carbocycles. The van der Waals surface area contributed by atoms with Crippen LogP contribution in [0.3, 0.4) is 0 Å². The van der Waals surface area contributed by atoms with Crippen LogP contribution in [0.15, 0.2) is 34.9 Å². The Hall–Kier alpha value is -2.25. The first-order valence-corrected chi connectivity index (χ1v) is 17.1. The van der Waals surface area contributed by atoms with E-state index in [1.165, 1.54) is 38.5 Å². The summed E-state index contributed by atoms with van der Waals surface area (Å²) < 4.78 is 12.4. The largest absolute Gasteiger partial charge is 0.458 e. The molecule has 0 radical (unpaired) electrons. The maximum atomic E-state index is 14.8. The number of ketones is 1. The second-order valence-electron chi connectivity index (χ2n) is 14.6. The second-order valence-corrected chi connectivity index (χ2v) is 14.6. The number of allylic oxidation sites excluding steroid dienone is 3. The highest BCUT2D eigenvalue weighted by atomic mass is 16.6. The average molecular weight is 613 g/mol. The lowest BCUT2D eigenvalue weighted by molar-refractivity contribution is -0.158. The summed E-state index contributed by atoms with van der Waals surface area (Å²) >= 11 is 0. The number of hydrogen-bond acceptors (Lipinski definition) is 7. The van der Waals surface area contributed by atoms with Crippen LogP contribution in [0.2, 0.25) is 0 Å². The zero-order valence-electron chi connectivity index (χ0n) is 28.1. The van der Waals surface area contributed by atoms with Gasteiger partial charge in [0, 0.05) is 35.2 Å². The lowest BCUT2D eigenvalue weighted by atomic mass is 9.61. The minimum Gasteiger partial charge on any atom is -0.458 e. The normalized spacial score (nSPS) is 35.5. The number of rotatable bonds is 14. The highest BCUT2D eigenvalue weighted by Crippen LogP contribution is 2.75. The highest BCUT2D eigenvalue weighted by molar-refractivity contribution is 5.95. The quantitative estimate of drug-likeness (QED) is 0.0960. The molecule has 0 heterocycles. The van der Waals surface area contributed by atoms with Crippen LogP contribution in [-0.2, 0) is 23.9 Å². The van der Waals surface area contributed by atoms with E-state index < -0.39 is 53.1 Å². The molecule has 2 saturated carbocycles. The number of Topliss-reactive ketones (excluding diaryl/α,β-unsaturated/α-hetero) is 1. The Kier molecular flexibility index (Phi) is 10.7. The summed E-state index contributed by atoms with van der Waals surface area (Å²) in [7, 11) is 0. The first kappa shape index (κ1) is 34.6. The smallest absolute Gasteiger partial charge is 0.333 e. The molecule has 2 N–H and O–H groups in total. The summed E-state index contributed by atoms with van der Waals surface area (Å²) in [6, 6.07) is 0. The van der Waals surface area contributed by atoms with Crippen molar-refractivity contribution in [1.82, 2.24) is 0 Å². The molecule has 44 heavy (non-hydrogen) atoms. The fourth-order valence-corrected chi connectivity index (χ4v) is 8.95. The van der Waals surface area contributed by atoms with Gasteiger partial charge in [0.05, 0.1) is 18.1 Å². The molecule has 2 bridgehead atoms. The molecule has 0 aliphatic heterocycles. The number of hydrogen-bond donors (Lipinski definition) is 2. The summed E-state index contributed by atoms with van der Waals surface area (Å²) in [5, 5.41) is 22.1. The Labute approximate surface area is 264 Å². The van der Waals surface area contributed by atoms with Gasteiger partial charge in [0.25, 0.3) is 0 Å². The van der Waals surface area contributed by atoms with Crippen molar-refractivity contribution in [3.05, 3.63) is 34.9 Å². The number of esters is 2. The molecule has 0 saturated heterocycles. The predicted molar refractivity (Wildman–Crippen MR) is 170 cm³/mol. The van der Waals surface area contributed by atoms with E-state index in [0.717, 1.165) is 24.8 Å². The fourth-order valence-electron chi connectivity index (χ4n) is 8.95. The minimum atomic E-state index is -1.17. The summed E-state index contributed by atoms with van der Waals surface area (Å²) in [6.45, 7) is 13.2. The number of carbonyl (C=O) groups is 3. The Bertz CT molecular complexity index is 1190. The van der Waals surface area contributed by atoms with Gasteiger partial charge in [-0.25, -0.2) is 4.79 Å². The molecule has 7 nitrogen and oxygen atoms in total. The molecule has 4 aliphatic rings. The van der Waals surface area contributed by atoms with Gasteiger partial charge >= 0.3 is 11.9 Å². The van der Waals surface area contributed by atoms with Crippen molar-refractivity contribution < 1.29 is 34.1 Å². The fraction of sp³-hybridized carbons (Fsp3) is 0.757. The van der Waals surface area contributed by atoms with Crippen LogP contribution < -0.4 is 0 Å². The van der Waals surface area contributed by atoms with Crippen molar-refractivity contribution in [2.75, 3.05) is 6.61 Å². The zero-order chi connectivity index (χ0) is 32.4. The Morgan fingerprint density at radius 2 is 1.68 bits per heavy atom. The van der Waals surface area contributed by atoms with Crippen LogP contribution in [0.1, 0.15) is 119 Å². The number of aliphatic hydroxyl groups is 2. The molecule has 4 aliphatic carbocycles. The molecule has 4 unspecified atom stereocenters. The SMILES string of the molecule is C/C=C(\C)C(=O)OC1C(C)=CC23C(=O)[C@@H](C=C(CO)C(O)C12)[C@H]1C(C)(C)[C@]1(OC(=O)CCCCCCCCCCC)C[C@H]3C. The van der Waals surface area contributed by atoms with Crippen LogP contribution in [0.25, 0.3) is 0 Å². The predicted octanol–water partition coefficient (Wildman–Crippen LogP) is 6.80. The first-order valence-electron chi connectivity index (χ1n) is 17.1. The van der Waals surface area contributed by atoms with E-state index >= 15 is 0 Å². The Morgan fingerprint density at radius 1 is 1.07 bits per heavy atom. The van der Waals surface area contributed by atoms with E-state index in [-0.39, 0.29) is 23.6 Å². The molecule has 246 valence electrons. The van der Waals surface area contributed by atoms with Crippen LogP contribution in [-0.4, -0.2) is 52.4 Å². The molecule has 0 aromatic heterocycles. The van der Waals surface area contributed by atoms with Crippen molar-refractivity contribution in [3.8, 4) is 0 Å². The summed E-state index contributed by atoms with van der Waals surface area (Å²) in [6.07, 6.45) is 14.7. The number of fused-ring (bicyclic) bond motifs is 3. The zero-order valence-corrected chi connectivity index (χ0v) is 28.1. The van der Waals surface area contributed by atoms with E-state index in [0.29, 0.717) is 24.0 Å². The summed E-state index contributed by atoms with van der Waals surface area (Å²) in [5.41, 5.74) is -0.889. The van der Waals surface area contributed by atoms with E-state index in [4.69, 9.17) is 9.47 Å². The summed E-state index contributed by atoms with van der Waals surface area (Å²) in [5.74, 6) is -2.77. The molecule has 0 aromatic rings. The van der Waals surface area contributed by atoms with E-state index in [9.17, 15) is 24.6 Å². The molecule has 0 amide bonds. The standard InChI is InChI=1S/C37H56O7/c1-8-10-11-12-13-14-15-16-17-18-28(39)44-37-21-25(5)36-20-24(4)31(43-34(42)23(3)9-2)29(36)30(40)26(22-38)19-27(33(36)41)32(37)35(37,6)7/h9,19-20,25,27,29-32,38,40H,8,10-18,21-22H2,1-7H3/b23-9+/t25-,27+,29?,30?,31?,32+,36?,37+/m1/s1. The van der Waals surface area contributed by atoms with Gasteiger partial charge in [-0.05, 0) is 50.7 Å². The Morgan fingerprint density at radius 3 is 2.27 bits per heavy atom. The van der Waals surface area contributed by atoms with Gasteiger partial charge in [-0.2, -0.15) is 0 Å². The van der Waals surface area contributed by atoms with Crippen molar-refractivity contribution in [3.63, 3.8) is 0 Å². The highest BCUT2D eigenvalue weighted by Gasteiger charge is 2.81. The molecule has 1 spiro atoms. The molecule has 8 atom stereocenters. The van der Waals surface area contributed by atoms with Crippen LogP contribution in [0, 0.1) is 34.5 Å². The van der Waals surface area contributed by atoms with Gasteiger partial charge in [-0.3, -0.25) is 9.59 Å². The third-order valence-corrected chi connectivity index (χ3v) is 11.7. The van der Waals surface area contributed by atoms with Gasteiger partial charge < -0.3 is 19.7 Å². The van der Waals surface area contributed by atoms with Crippen molar-refractivity contribution >= 4 is 17.7 Å². The van der Waals surface area contributed by atoms with Crippen molar-refractivity contribution in [2.45, 2.75) is 137 Å². The monoisotopic (exact) mass is 612 g/mol. The van der Waals surface area contributed by atoms with Crippen molar-refractivity contribution in [1.29, 1.82) is 0 Å². The van der Waals surface area contributed by atoms with Gasteiger partial charge in [0.1, 0.15) is 11.7 Å². The van der Waals surface area contributed by atoms with Gasteiger partial charge in [-0.15, -0.1) is 0 Å². The maximum absolute atomic E-state index is 14.8. The Balaban J connectivity index is 1.56. The van der Waals surface area contributed by atoms with Gasteiger partial charge in [0.15, 0.2) is 5.78 Å². The van der Waals surface area contributed by atoms with E-state index in [2.05, 4.69) is 20.8 Å². The lowest BCUT2D eigenvalue weighted by Gasteiger charge is -2.42. The molecule has 2 fully saturated rings. The van der Waals surface area contributed by atoms with Gasteiger partial charge in [0.2, 0.25) is 0 Å².